The lowest BCUT2D eigenvalue weighted by Crippen LogP contribution is -2.49. The lowest BCUT2D eigenvalue weighted by atomic mass is 10.2. The maximum absolute atomic E-state index is 13.5. The average Bonchev–Trinajstić information content (AvgIpc) is 2.42. The fourth-order valence-electron chi connectivity index (χ4n) is 2.42. The molecule has 0 aromatic heterocycles. The van der Waals surface area contributed by atoms with Crippen molar-refractivity contribution in [2.75, 3.05) is 45.1 Å². The number of piperazine rings is 1. The fourth-order valence-corrected chi connectivity index (χ4v) is 2.42. The molecule has 0 atom stereocenters. The first-order chi connectivity index (χ1) is 9.56. The molecule has 1 heterocycles. The number of nitrogen functional groups attached to an aromatic ring is 1. The second kappa shape index (κ2) is 6.90. The molecule has 1 saturated heterocycles. The summed E-state index contributed by atoms with van der Waals surface area (Å²) in [6.07, 6.45) is 0. The summed E-state index contributed by atoms with van der Waals surface area (Å²) < 4.78 is 19.0. The monoisotopic (exact) mass is 281 g/mol. The third-order valence-corrected chi connectivity index (χ3v) is 3.76. The Morgan fingerprint density at radius 2 is 1.95 bits per heavy atom. The largest absolute Gasteiger partial charge is 0.489 e. The van der Waals surface area contributed by atoms with Crippen LogP contribution in [0.25, 0.3) is 0 Å². The molecule has 2 rings (SSSR count). The molecule has 1 aromatic carbocycles. The van der Waals surface area contributed by atoms with Crippen molar-refractivity contribution >= 4 is 5.69 Å². The third kappa shape index (κ3) is 4.08. The van der Waals surface area contributed by atoms with Crippen molar-refractivity contribution in [3.63, 3.8) is 0 Å². The summed E-state index contributed by atoms with van der Waals surface area (Å²) in [4.78, 5) is 4.82. The van der Waals surface area contributed by atoms with Gasteiger partial charge in [0.15, 0.2) is 11.6 Å². The van der Waals surface area contributed by atoms with Gasteiger partial charge in [0.1, 0.15) is 6.61 Å². The first-order valence-electron chi connectivity index (χ1n) is 7.20. The molecule has 112 valence electrons. The van der Waals surface area contributed by atoms with Crippen LogP contribution in [0.3, 0.4) is 0 Å². The van der Waals surface area contributed by atoms with E-state index in [4.69, 9.17) is 10.5 Å². The van der Waals surface area contributed by atoms with E-state index in [1.165, 1.54) is 6.07 Å². The molecule has 1 aliphatic heterocycles. The molecule has 2 N–H and O–H groups in total. The van der Waals surface area contributed by atoms with Gasteiger partial charge in [-0.25, -0.2) is 4.39 Å². The van der Waals surface area contributed by atoms with E-state index in [-0.39, 0.29) is 5.75 Å². The normalized spacial score (nSPS) is 17.6. The highest BCUT2D eigenvalue weighted by molar-refractivity contribution is 5.42. The smallest absolute Gasteiger partial charge is 0.167 e. The number of nitrogens with zero attached hydrogens (tertiary/aromatic N) is 2. The van der Waals surface area contributed by atoms with E-state index in [0.717, 1.165) is 32.7 Å². The first-order valence-corrected chi connectivity index (χ1v) is 7.20. The van der Waals surface area contributed by atoms with Crippen molar-refractivity contribution < 1.29 is 9.13 Å². The molecule has 0 saturated carbocycles. The Bertz CT molecular complexity index is 431. The zero-order chi connectivity index (χ0) is 14.5. The molecule has 20 heavy (non-hydrogen) atoms. The maximum atomic E-state index is 13.5. The van der Waals surface area contributed by atoms with Gasteiger partial charge in [-0.2, -0.15) is 0 Å². The summed E-state index contributed by atoms with van der Waals surface area (Å²) in [5.41, 5.74) is 5.92. The topological polar surface area (TPSA) is 41.7 Å². The Labute approximate surface area is 120 Å². The molecule has 1 aliphatic rings. The molecule has 0 unspecified atom stereocenters. The Balaban J connectivity index is 1.71. The third-order valence-electron chi connectivity index (χ3n) is 3.76. The summed E-state index contributed by atoms with van der Waals surface area (Å²) in [6, 6.07) is 5.13. The van der Waals surface area contributed by atoms with Gasteiger partial charge in [-0.1, -0.05) is 0 Å². The van der Waals surface area contributed by atoms with E-state index in [2.05, 4.69) is 23.6 Å². The predicted molar refractivity (Wildman–Crippen MR) is 79.5 cm³/mol. The zero-order valence-electron chi connectivity index (χ0n) is 12.3. The Hall–Kier alpha value is -1.33. The van der Waals surface area contributed by atoms with Gasteiger partial charge in [0, 0.05) is 50.5 Å². The van der Waals surface area contributed by atoms with Gasteiger partial charge in [0.05, 0.1) is 0 Å². The van der Waals surface area contributed by atoms with Crippen LogP contribution < -0.4 is 10.5 Å². The lowest BCUT2D eigenvalue weighted by molar-refractivity contribution is 0.0965. The Morgan fingerprint density at radius 3 is 2.55 bits per heavy atom. The molecule has 0 spiro atoms. The van der Waals surface area contributed by atoms with Crippen LogP contribution in [0.4, 0.5) is 10.1 Å². The van der Waals surface area contributed by atoms with Gasteiger partial charge < -0.3 is 10.5 Å². The maximum Gasteiger partial charge on any atom is 0.167 e. The highest BCUT2D eigenvalue weighted by atomic mass is 19.1. The quantitative estimate of drug-likeness (QED) is 0.836. The molecular weight excluding hydrogens is 257 g/mol. The summed E-state index contributed by atoms with van der Waals surface area (Å²) in [6.45, 7) is 10.1. The predicted octanol–water partition coefficient (Wildman–Crippen LogP) is 1.81. The Kier molecular flexibility index (Phi) is 5.20. The van der Waals surface area contributed by atoms with Crippen molar-refractivity contribution in [2.45, 2.75) is 19.9 Å². The van der Waals surface area contributed by atoms with E-state index in [9.17, 15) is 4.39 Å². The summed E-state index contributed by atoms with van der Waals surface area (Å²) in [5.74, 6) is -0.116. The van der Waals surface area contributed by atoms with Crippen LogP contribution in [-0.4, -0.2) is 55.2 Å². The first kappa shape index (κ1) is 15.1. The molecule has 4 nitrogen and oxygen atoms in total. The molecule has 0 aliphatic carbocycles. The van der Waals surface area contributed by atoms with Gasteiger partial charge in [-0.05, 0) is 26.0 Å². The van der Waals surface area contributed by atoms with E-state index < -0.39 is 5.82 Å². The van der Waals surface area contributed by atoms with Crippen LogP contribution in [0.1, 0.15) is 13.8 Å². The van der Waals surface area contributed by atoms with E-state index in [1.807, 2.05) is 0 Å². The SMILES string of the molecule is CC(C)N1CCN(CCOc2ccc(N)cc2F)CC1. The van der Waals surface area contributed by atoms with Crippen molar-refractivity contribution in [2.24, 2.45) is 0 Å². The molecule has 0 radical (unpaired) electrons. The molecule has 5 heteroatoms. The summed E-state index contributed by atoms with van der Waals surface area (Å²) in [7, 11) is 0. The van der Waals surface area contributed by atoms with E-state index >= 15 is 0 Å². The lowest BCUT2D eigenvalue weighted by Gasteiger charge is -2.36. The second-order valence-electron chi connectivity index (χ2n) is 5.51. The van der Waals surface area contributed by atoms with Gasteiger partial charge in [-0.15, -0.1) is 0 Å². The van der Waals surface area contributed by atoms with Crippen LogP contribution in [0.15, 0.2) is 18.2 Å². The minimum atomic E-state index is -0.394. The molecule has 1 fully saturated rings. The average molecular weight is 281 g/mol. The van der Waals surface area contributed by atoms with Gasteiger partial charge in [-0.3, -0.25) is 9.80 Å². The van der Waals surface area contributed by atoms with Gasteiger partial charge in [0.25, 0.3) is 0 Å². The van der Waals surface area contributed by atoms with Crippen molar-refractivity contribution in [3.8, 4) is 5.75 Å². The summed E-state index contributed by atoms with van der Waals surface area (Å²) in [5, 5.41) is 0. The number of benzene rings is 1. The molecule has 1 aromatic rings. The van der Waals surface area contributed by atoms with Crippen LogP contribution in [0, 0.1) is 5.82 Å². The van der Waals surface area contributed by atoms with Crippen molar-refractivity contribution in [3.05, 3.63) is 24.0 Å². The number of hydrogen-bond acceptors (Lipinski definition) is 4. The number of rotatable bonds is 5. The van der Waals surface area contributed by atoms with Gasteiger partial charge in [0.2, 0.25) is 0 Å². The molecule has 0 amide bonds. The van der Waals surface area contributed by atoms with E-state index in [1.54, 1.807) is 12.1 Å². The van der Waals surface area contributed by atoms with Gasteiger partial charge >= 0.3 is 0 Å². The summed E-state index contributed by atoms with van der Waals surface area (Å²) >= 11 is 0. The number of anilines is 1. The second-order valence-corrected chi connectivity index (χ2v) is 5.51. The fraction of sp³-hybridized carbons (Fsp3) is 0.600. The zero-order valence-corrected chi connectivity index (χ0v) is 12.3. The van der Waals surface area contributed by atoms with Crippen LogP contribution in [0.2, 0.25) is 0 Å². The van der Waals surface area contributed by atoms with Crippen LogP contribution in [0.5, 0.6) is 5.75 Å². The number of hydrogen-bond donors (Lipinski definition) is 1. The van der Waals surface area contributed by atoms with Crippen molar-refractivity contribution in [1.82, 2.24) is 9.80 Å². The van der Waals surface area contributed by atoms with Crippen molar-refractivity contribution in [1.29, 1.82) is 0 Å². The van der Waals surface area contributed by atoms with Crippen LogP contribution >= 0.6 is 0 Å². The number of nitrogens with two attached hydrogens (primary N) is 1. The number of ether oxygens (including phenoxy) is 1. The highest BCUT2D eigenvalue weighted by Crippen LogP contribution is 2.19. The molecular formula is C15H24FN3O. The van der Waals surface area contributed by atoms with Crippen LogP contribution in [-0.2, 0) is 0 Å². The number of halogens is 1. The molecule has 0 bridgehead atoms. The highest BCUT2D eigenvalue weighted by Gasteiger charge is 2.18. The minimum absolute atomic E-state index is 0.278. The standard InChI is InChI=1S/C15H24FN3O/c1-12(2)19-7-5-18(6-8-19)9-10-20-15-4-3-13(17)11-14(15)16/h3-4,11-12H,5-10,17H2,1-2H3. The Morgan fingerprint density at radius 1 is 1.25 bits per heavy atom. The van der Waals surface area contributed by atoms with E-state index in [0.29, 0.717) is 18.3 Å². The minimum Gasteiger partial charge on any atom is -0.489 e.